The molecule has 0 radical (unpaired) electrons. The summed E-state index contributed by atoms with van der Waals surface area (Å²) < 4.78 is 9.39. The molecular weight excluding hydrogens is 657 g/mol. The van der Waals surface area contributed by atoms with E-state index in [1.165, 1.54) is 76.2 Å². The molecule has 12 rings (SSSR count). The third kappa shape index (κ3) is 4.13. The Balaban J connectivity index is 0.917. The Morgan fingerprint density at radius 2 is 0.685 bits per heavy atom. The topological polar surface area (TPSA) is 19.7 Å². The molecule has 4 nitrogen and oxygen atoms in total. The van der Waals surface area contributed by atoms with Crippen molar-refractivity contribution in [2.24, 2.45) is 0 Å². The maximum atomic E-state index is 2.42. The van der Waals surface area contributed by atoms with E-state index in [2.05, 4.69) is 213 Å². The van der Waals surface area contributed by atoms with Crippen molar-refractivity contribution in [3.05, 3.63) is 194 Å². The van der Waals surface area contributed by atoms with Gasteiger partial charge in [-0.3, -0.25) is 0 Å². The fourth-order valence-corrected chi connectivity index (χ4v) is 8.94. The minimum Gasteiger partial charge on any atom is -0.317 e. The van der Waals surface area contributed by atoms with E-state index in [1.54, 1.807) is 0 Å². The Kier molecular flexibility index (Phi) is 6.02. The molecule has 0 amide bonds. The second-order valence-corrected chi connectivity index (χ2v) is 14.3. The van der Waals surface area contributed by atoms with Crippen LogP contribution in [-0.4, -0.2) is 18.3 Å². The highest BCUT2D eigenvalue weighted by Gasteiger charge is 2.16. The van der Waals surface area contributed by atoms with Gasteiger partial charge in [-0.1, -0.05) is 91.0 Å². The number of hydrogen-bond donors (Lipinski definition) is 0. The zero-order valence-corrected chi connectivity index (χ0v) is 29.3. The first-order valence-corrected chi connectivity index (χ1v) is 18.5. The summed E-state index contributed by atoms with van der Waals surface area (Å²) >= 11 is 0. The average molecular weight is 689 g/mol. The van der Waals surface area contributed by atoms with Crippen LogP contribution in [0.25, 0.3) is 98.9 Å². The predicted octanol–water partition coefficient (Wildman–Crippen LogP) is 12.9. The van der Waals surface area contributed by atoms with E-state index in [9.17, 15) is 0 Å². The van der Waals surface area contributed by atoms with Crippen molar-refractivity contribution in [2.75, 3.05) is 0 Å². The average Bonchev–Trinajstić information content (AvgIpc) is 4.01. The molecular formula is C50H32N4. The van der Waals surface area contributed by atoms with E-state index in [0.717, 1.165) is 22.7 Å². The van der Waals surface area contributed by atoms with Crippen LogP contribution < -0.4 is 0 Å². The van der Waals surface area contributed by atoms with Gasteiger partial charge in [0.2, 0.25) is 0 Å². The number of hydrogen-bond acceptors (Lipinski definition) is 0. The minimum absolute atomic E-state index is 1.14. The van der Waals surface area contributed by atoms with Gasteiger partial charge in [0, 0.05) is 72.8 Å². The van der Waals surface area contributed by atoms with Gasteiger partial charge in [-0.25, -0.2) is 0 Å². The zero-order chi connectivity index (χ0) is 35.3. The van der Waals surface area contributed by atoms with Crippen molar-refractivity contribution in [1.82, 2.24) is 18.3 Å². The lowest BCUT2D eigenvalue weighted by atomic mass is 10.1. The van der Waals surface area contributed by atoms with Crippen LogP contribution >= 0.6 is 0 Å². The summed E-state index contributed by atoms with van der Waals surface area (Å²) in [4.78, 5) is 0. The number of para-hydroxylation sites is 3. The van der Waals surface area contributed by atoms with Crippen LogP contribution in [0.2, 0.25) is 0 Å². The highest BCUT2D eigenvalue weighted by atomic mass is 15.0. The molecule has 0 bridgehead atoms. The Hall–Kier alpha value is -7.30. The first-order valence-electron chi connectivity index (χ1n) is 18.5. The van der Waals surface area contributed by atoms with Crippen molar-refractivity contribution in [1.29, 1.82) is 0 Å². The first-order chi connectivity index (χ1) is 26.8. The number of benzene rings is 8. The smallest absolute Gasteiger partial charge is 0.0619 e. The molecule has 12 aromatic rings. The van der Waals surface area contributed by atoms with Crippen LogP contribution in [0, 0.1) is 0 Å². The van der Waals surface area contributed by atoms with Gasteiger partial charge in [0.1, 0.15) is 0 Å². The largest absolute Gasteiger partial charge is 0.317 e. The Morgan fingerprint density at radius 1 is 0.259 bits per heavy atom. The van der Waals surface area contributed by atoms with Crippen molar-refractivity contribution in [3.8, 4) is 22.7 Å². The normalized spacial score (nSPS) is 12.1. The molecule has 0 fully saturated rings. The van der Waals surface area contributed by atoms with E-state index in [0.29, 0.717) is 0 Å². The van der Waals surface area contributed by atoms with E-state index < -0.39 is 0 Å². The summed E-state index contributed by atoms with van der Waals surface area (Å²) in [5, 5.41) is 10.0. The SMILES string of the molecule is c1ccc2c(c1)ccc1c3ccccc3n(-c3ccc(-n4ccc5cc6c(ccn6-c6ccc(-n7c8ccccc8c8ccccc87)cc6)cc54)cc3)c21. The number of aromatic nitrogens is 4. The van der Waals surface area contributed by atoms with E-state index >= 15 is 0 Å². The predicted molar refractivity (Wildman–Crippen MR) is 226 cm³/mol. The van der Waals surface area contributed by atoms with Gasteiger partial charge in [0.25, 0.3) is 0 Å². The van der Waals surface area contributed by atoms with Crippen molar-refractivity contribution in [3.63, 3.8) is 0 Å². The summed E-state index contributed by atoms with van der Waals surface area (Å²) in [5.74, 6) is 0. The van der Waals surface area contributed by atoms with Gasteiger partial charge in [-0.15, -0.1) is 0 Å². The molecule has 0 spiro atoms. The van der Waals surface area contributed by atoms with Gasteiger partial charge in [-0.05, 0) is 96.4 Å². The number of nitrogens with zero attached hydrogens (tertiary/aromatic N) is 4. The van der Waals surface area contributed by atoms with E-state index in [1.807, 2.05) is 0 Å². The zero-order valence-electron chi connectivity index (χ0n) is 29.3. The molecule has 0 atom stereocenters. The maximum absolute atomic E-state index is 2.42. The first kappa shape index (κ1) is 29.3. The highest BCUT2D eigenvalue weighted by molar-refractivity contribution is 6.18. The minimum atomic E-state index is 1.14. The lowest BCUT2D eigenvalue weighted by molar-refractivity contribution is 1.11. The molecule has 0 aliphatic rings. The second-order valence-electron chi connectivity index (χ2n) is 14.3. The second kappa shape index (κ2) is 11.1. The van der Waals surface area contributed by atoms with Crippen LogP contribution in [0.5, 0.6) is 0 Å². The molecule has 4 aromatic heterocycles. The molecule has 0 aliphatic carbocycles. The Labute approximate surface area is 310 Å². The highest BCUT2D eigenvalue weighted by Crippen LogP contribution is 2.37. The maximum Gasteiger partial charge on any atom is 0.0619 e. The summed E-state index contributed by atoms with van der Waals surface area (Å²) in [6, 6.07) is 66.3. The molecule has 8 aromatic carbocycles. The van der Waals surface area contributed by atoms with Crippen LogP contribution in [0.4, 0.5) is 0 Å². The Bertz CT molecular complexity index is 3370. The Morgan fingerprint density at radius 3 is 1.24 bits per heavy atom. The molecule has 0 saturated heterocycles. The van der Waals surface area contributed by atoms with Crippen LogP contribution in [0.15, 0.2) is 194 Å². The molecule has 4 heterocycles. The van der Waals surface area contributed by atoms with Crippen LogP contribution in [-0.2, 0) is 0 Å². The number of fused-ring (bicyclic) bond motifs is 10. The van der Waals surface area contributed by atoms with Gasteiger partial charge < -0.3 is 18.3 Å². The molecule has 0 aliphatic heterocycles. The standard InChI is InChI=1S/C50H32N4/c1-2-10-40-33(9-1)17-26-44-43-13-5-8-16-47(43)54(50(40)44)39-24-20-37(21-25-39)52-30-28-35-31-48-34(32-49(35)52)27-29-51(48)36-18-22-38(23-19-36)53-45-14-6-3-11-41(45)42-12-4-7-15-46(42)53/h1-32H. The summed E-state index contributed by atoms with van der Waals surface area (Å²) in [6.07, 6.45) is 4.38. The quantitative estimate of drug-likeness (QED) is 0.175. The van der Waals surface area contributed by atoms with Crippen molar-refractivity contribution in [2.45, 2.75) is 0 Å². The van der Waals surface area contributed by atoms with E-state index in [4.69, 9.17) is 0 Å². The van der Waals surface area contributed by atoms with Crippen LogP contribution in [0.3, 0.4) is 0 Å². The summed E-state index contributed by atoms with van der Waals surface area (Å²) in [6.45, 7) is 0. The molecule has 4 heteroatoms. The van der Waals surface area contributed by atoms with Gasteiger partial charge in [-0.2, -0.15) is 0 Å². The van der Waals surface area contributed by atoms with Crippen molar-refractivity contribution < 1.29 is 0 Å². The van der Waals surface area contributed by atoms with E-state index in [-0.39, 0.29) is 0 Å². The van der Waals surface area contributed by atoms with Crippen LogP contribution in [0.1, 0.15) is 0 Å². The molecule has 0 unspecified atom stereocenters. The molecule has 54 heavy (non-hydrogen) atoms. The van der Waals surface area contributed by atoms with Gasteiger partial charge >= 0.3 is 0 Å². The van der Waals surface area contributed by atoms with Gasteiger partial charge in [0.15, 0.2) is 0 Å². The fourth-order valence-electron chi connectivity index (χ4n) is 8.94. The van der Waals surface area contributed by atoms with Crippen molar-refractivity contribution >= 4 is 76.2 Å². The molecule has 252 valence electrons. The number of rotatable bonds is 4. The summed E-state index contributed by atoms with van der Waals surface area (Å²) in [5.41, 5.74) is 11.9. The lowest BCUT2D eigenvalue weighted by Crippen LogP contribution is -1.97. The monoisotopic (exact) mass is 688 g/mol. The molecule has 0 saturated carbocycles. The lowest BCUT2D eigenvalue weighted by Gasteiger charge is -2.12. The summed E-state index contributed by atoms with van der Waals surface area (Å²) in [7, 11) is 0. The third-order valence-corrected chi connectivity index (χ3v) is 11.4. The fraction of sp³-hybridized carbons (Fsp3) is 0. The molecule has 0 N–H and O–H groups in total. The third-order valence-electron chi connectivity index (χ3n) is 11.4. The van der Waals surface area contributed by atoms with Gasteiger partial charge in [0.05, 0.1) is 33.1 Å².